The van der Waals surface area contributed by atoms with E-state index in [0.717, 1.165) is 56.3 Å². The molecule has 5 nitrogen and oxygen atoms in total. The second kappa shape index (κ2) is 6.79. The summed E-state index contributed by atoms with van der Waals surface area (Å²) in [6, 6.07) is 1.92. The summed E-state index contributed by atoms with van der Waals surface area (Å²) >= 11 is 5.08. The number of pyridine rings is 1. The largest absolute Gasteiger partial charge is 0.389 e. The molecule has 0 radical (unpaired) electrons. The molecule has 0 atom stereocenters. The van der Waals surface area contributed by atoms with E-state index >= 15 is 0 Å². The molecule has 1 aromatic heterocycles. The number of nitrogens with zero attached hydrogens (tertiary/aromatic N) is 2. The molecule has 3 N–H and O–H groups in total. The Hall–Kier alpha value is -1.24. The average Bonchev–Trinajstić information content (AvgIpc) is 2.39. The highest BCUT2D eigenvalue weighted by Gasteiger charge is 2.12. The van der Waals surface area contributed by atoms with Crippen molar-refractivity contribution < 1.29 is 4.74 Å². The van der Waals surface area contributed by atoms with E-state index in [4.69, 9.17) is 22.7 Å². The Morgan fingerprint density at radius 3 is 2.95 bits per heavy atom. The van der Waals surface area contributed by atoms with E-state index in [-0.39, 0.29) is 0 Å². The van der Waals surface area contributed by atoms with Crippen LogP contribution in [0.2, 0.25) is 0 Å². The predicted molar refractivity (Wildman–Crippen MR) is 80.6 cm³/mol. The normalized spacial score (nSPS) is 16.3. The van der Waals surface area contributed by atoms with Gasteiger partial charge in [-0.1, -0.05) is 12.2 Å². The maximum absolute atomic E-state index is 5.75. The van der Waals surface area contributed by atoms with Crippen molar-refractivity contribution in [3.8, 4) is 0 Å². The van der Waals surface area contributed by atoms with E-state index < -0.39 is 0 Å². The topological polar surface area (TPSA) is 63.4 Å². The first-order valence-electron chi connectivity index (χ1n) is 6.48. The summed E-state index contributed by atoms with van der Waals surface area (Å²) < 4.78 is 5.32. The number of hydrogen-bond acceptors (Lipinski definition) is 5. The lowest BCUT2D eigenvalue weighted by Crippen LogP contribution is -2.39. The van der Waals surface area contributed by atoms with Gasteiger partial charge in [0, 0.05) is 32.4 Å². The molecule has 0 unspecified atom stereocenters. The molecule has 1 saturated heterocycles. The molecule has 0 spiro atoms. The molecule has 1 aliphatic rings. The summed E-state index contributed by atoms with van der Waals surface area (Å²) in [5.41, 5.74) is 7.65. The van der Waals surface area contributed by atoms with Crippen molar-refractivity contribution in [1.82, 2.24) is 9.88 Å². The van der Waals surface area contributed by atoms with E-state index in [1.54, 1.807) is 6.20 Å². The van der Waals surface area contributed by atoms with Gasteiger partial charge in [0.25, 0.3) is 0 Å². The molecule has 0 saturated carbocycles. The third-order valence-corrected chi connectivity index (χ3v) is 3.43. The lowest BCUT2D eigenvalue weighted by Gasteiger charge is -2.26. The Balaban J connectivity index is 1.92. The second-order valence-electron chi connectivity index (χ2n) is 4.60. The first-order chi connectivity index (χ1) is 9.18. The van der Waals surface area contributed by atoms with Crippen LogP contribution in [0.5, 0.6) is 0 Å². The molecule has 0 aliphatic carbocycles. The third-order valence-electron chi connectivity index (χ3n) is 3.23. The van der Waals surface area contributed by atoms with Crippen LogP contribution in [0.25, 0.3) is 0 Å². The summed E-state index contributed by atoms with van der Waals surface area (Å²) in [4.78, 5) is 7.08. The van der Waals surface area contributed by atoms with E-state index in [9.17, 15) is 0 Å². The Kier molecular flexibility index (Phi) is 5.07. The number of aryl methyl sites for hydroxylation is 1. The first kappa shape index (κ1) is 14.2. The number of ether oxygens (including phenoxy) is 1. The van der Waals surface area contributed by atoms with Crippen molar-refractivity contribution in [3.63, 3.8) is 0 Å². The summed E-state index contributed by atoms with van der Waals surface area (Å²) in [6.07, 6.45) is 1.77. The molecule has 0 bridgehead atoms. The fraction of sp³-hybridized carbons (Fsp3) is 0.538. The van der Waals surface area contributed by atoms with Gasteiger partial charge in [-0.3, -0.25) is 4.90 Å². The van der Waals surface area contributed by atoms with Gasteiger partial charge in [-0.05, 0) is 18.6 Å². The van der Waals surface area contributed by atoms with Crippen LogP contribution in [0.4, 0.5) is 5.82 Å². The highest BCUT2D eigenvalue weighted by atomic mass is 32.1. The molecule has 1 fully saturated rings. The Labute approximate surface area is 119 Å². The van der Waals surface area contributed by atoms with Crippen molar-refractivity contribution in [3.05, 3.63) is 23.4 Å². The Bertz CT molecular complexity index is 446. The summed E-state index contributed by atoms with van der Waals surface area (Å²) in [5.74, 6) is 0.778. The first-order valence-corrected chi connectivity index (χ1v) is 6.88. The predicted octanol–water partition coefficient (Wildman–Crippen LogP) is 0.768. The van der Waals surface area contributed by atoms with Gasteiger partial charge in [0.1, 0.15) is 10.8 Å². The van der Waals surface area contributed by atoms with Gasteiger partial charge >= 0.3 is 0 Å². The van der Waals surface area contributed by atoms with Crippen molar-refractivity contribution >= 4 is 23.0 Å². The number of rotatable bonds is 5. The van der Waals surface area contributed by atoms with E-state index in [2.05, 4.69) is 15.2 Å². The molecule has 1 aromatic rings. The highest BCUT2D eigenvalue weighted by molar-refractivity contribution is 7.80. The molecule has 6 heteroatoms. The molecule has 1 aliphatic heterocycles. The van der Waals surface area contributed by atoms with Crippen LogP contribution in [0.1, 0.15) is 11.1 Å². The second-order valence-corrected chi connectivity index (χ2v) is 5.04. The summed E-state index contributed by atoms with van der Waals surface area (Å²) in [7, 11) is 0. The molecule has 0 aromatic carbocycles. The summed E-state index contributed by atoms with van der Waals surface area (Å²) in [5, 5.41) is 3.32. The standard InChI is InChI=1S/C13H20N4OS/c1-10-2-3-15-13(11(10)12(14)19)16-4-5-17-6-8-18-9-7-17/h2-3H,4-9H2,1H3,(H2,14,19)(H,15,16). The monoisotopic (exact) mass is 280 g/mol. The van der Waals surface area contributed by atoms with Crippen molar-refractivity contribution in [2.75, 3.05) is 44.7 Å². The van der Waals surface area contributed by atoms with Crippen LogP contribution in [-0.2, 0) is 4.74 Å². The van der Waals surface area contributed by atoms with Crippen LogP contribution in [0, 0.1) is 6.92 Å². The SMILES string of the molecule is Cc1ccnc(NCCN2CCOCC2)c1C(N)=S. The number of morpholine rings is 1. The molecular formula is C13H20N4OS. The molecule has 0 amide bonds. The quantitative estimate of drug-likeness (QED) is 0.777. The maximum atomic E-state index is 5.75. The van der Waals surface area contributed by atoms with E-state index in [0.29, 0.717) is 4.99 Å². The fourth-order valence-electron chi connectivity index (χ4n) is 2.16. The van der Waals surface area contributed by atoms with Gasteiger partial charge in [-0.15, -0.1) is 0 Å². The van der Waals surface area contributed by atoms with Gasteiger partial charge in [0.05, 0.1) is 18.8 Å². The van der Waals surface area contributed by atoms with Crippen molar-refractivity contribution in [1.29, 1.82) is 0 Å². The highest BCUT2D eigenvalue weighted by Crippen LogP contribution is 2.16. The van der Waals surface area contributed by atoms with Gasteiger partial charge in [-0.25, -0.2) is 4.98 Å². The van der Waals surface area contributed by atoms with Crippen LogP contribution in [-0.4, -0.2) is 54.3 Å². The number of hydrogen-bond donors (Lipinski definition) is 2. The molecule has 2 heterocycles. The number of anilines is 1. The minimum Gasteiger partial charge on any atom is -0.389 e. The van der Waals surface area contributed by atoms with Crippen LogP contribution >= 0.6 is 12.2 Å². The van der Waals surface area contributed by atoms with Crippen molar-refractivity contribution in [2.45, 2.75) is 6.92 Å². The lowest BCUT2D eigenvalue weighted by atomic mass is 10.1. The van der Waals surface area contributed by atoms with Gasteiger partial charge in [-0.2, -0.15) is 0 Å². The smallest absolute Gasteiger partial charge is 0.136 e. The van der Waals surface area contributed by atoms with E-state index in [1.165, 1.54) is 0 Å². The Morgan fingerprint density at radius 1 is 1.53 bits per heavy atom. The molecular weight excluding hydrogens is 260 g/mol. The Morgan fingerprint density at radius 2 is 2.26 bits per heavy atom. The summed E-state index contributed by atoms with van der Waals surface area (Å²) in [6.45, 7) is 7.41. The minimum atomic E-state index is 0.388. The zero-order chi connectivity index (χ0) is 13.7. The number of nitrogens with one attached hydrogen (secondary N) is 1. The number of aromatic nitrogens is 1. The van der Waals surface area contributed by atoms with Gasteiger partial charge < -0.3 is 15.8 Å². The minimum absolute atomic E-state index is 0.388. The lowest BCUT2D eigenvalue weighted by molar-refractivity contribution is 0.0398. The average molecular weight is 280 g/mol. The van der Waals surface area contributed by atoms with Gasteiger partial charge in [0.2, 0.25) is 0 Å². The maximum Gasteiger partial charge on any atom is 0.136 e. The zero-order valence-corrected chi connectivity index (χ0v) is 12.0. The molecule has 19 heavy (non-hydrogen) atoms. The van der Waals surface area contributed by atoms with Gasteiger partial charge in [0.15, 0.2) is 0 Å². The number of thiocarbonyl (C=S) groups is 1. The van der Waals surface area contributed by atoms with Crippen LogP contribution in [0.3, 0.4) is 0 Å². The van der Waals surface area contributed by atoms with E-state index in [1.807, 2.05) is 13.0 Å². The van der Waals surface area contributed by atoms with Crippen LogP contribution < -0.4 is 11.1 Å². The molecule has 2 rings (SSSR count). The molecule has 104 valence electrons. The fourth-order valence-corrected chi connectivity index (χ4v) is 2.42. The third kappa shape index (κ3) is 3.86. The zero-order valence-electron chi connectivity index (χ0n) is 11.2. The van der Waals surface area contributed by atoms with Crippen LogP contribution in [0.15, 0.2) is 12.3 Å². The number of nitrogens with two attached hydrogens (primary N) is 1. The van der Waals surface area contributed by atoms with Crippen molar-refractivity contribution in [2.24, 2.45) is 5.73 Å².